The summed E-state index contributed by atoms with van der Waals surface area (Å²) in [5.41, 5.74) is 2.06. The Balaban J connectivity index is 1.41. The van der Waals surface area contributed by atoms with E-state index in [1.165, 1.54) is 7.11 Å². The van der Waals surface area contributed by atoms with Gasteiger partial charge in [-0.3, -0.25) is 14.9 Å². The van der Waals surface area contributed by atoms with Crippen LogP contribution in [0.15, 0.2) is 77.2 Å². The fourth-order valence-corrected chi connectivity index (χ4v) is 3.59. The second-order valence-corrected chi connectivity index (χ2v) is 7.80. The van der Waals surface area contributed by atoms with Gasteiger partial charge in [-0.15, -0.1) is 0 Å². The maximum absolute atomic E-state index is 12.7. The third-order valence-electron chi connectivity index (χ3n) is 4.99. The van der Waals surface area contributed by atoms with Crippen LogP contribution in [-0.2, 0) is 0 Å². The zero-order valence-corrected chi connectivity index (χ0v) is 19.9. The number of rotatable bonds is 7. The number of carbonyl (C=O) groups is 2. The maximum atomic E-state index is 12.7. The summed E-state index contributed by atoms with van der Waals surface area (Å²) in [7, 11) is 1.49. The minimum absolute atomic E-state index is 0.109. The molecule has 2 amide bonds. The van der Waals surface area contributed by atoms with Gasteiger partial charge in [-0.2, -0.15) is 0 Å². The number of nitrogens with one attached hydrogen (secondary N) is 3. The van der Waals surface area contributed by atoms with E-state index >= 15 is 0 Å². The molecule has 0 fully saturated rings. The van der Waals surface area contributed by atoms with Gasteiger partial charge in [0, 0.05) is 22.7 Å². The molecule has 0 saturated heterocycles. The van der Waals surface area contributed by atoms with Gasteiger partial charge in [0.05, 0.1) is 19.4 Å². The van der Waals surface area contributed by atoms with Crippen LogP contribution in [0.5, 0.6) is 11.5 Å². The molecule has 0 aliphatic rings. The summed E-state index contributed by atoms with van der Waals surface area (Å²) in [6, 6.07) is 20.9. The molecule has 9 heteroatoms. The minimum atomic E-state index is -0.405. The standard InChI is InChI=1S/C26H23N3O5S/c1-3-33-19-9-6-8-17(13-19)24(30)29-26(35)27-18-11-12-20(22(15-18)32-2)28-25(31)23-14-16-7-4-5-10-21(16)34-23/h4-15H,3H2,1-2H3,(H,28,31)(H2,27,29,30,35). The summed E-state index contributed by atoms with van der Waals surface area (Å²) in [6.45, 7) is 2.37. The van der Waals surface area contributed by atoms with Crippen LogP contribution in [-0.4, -0.2) is 30.6 Å². The Morgan fingerprint density at radius 2 is 1.77 bits per heavy atom. The van der Waals surface area contributed by atoms with Crippen molar-refractivity contribution in [1.82, 2.24) is 5.32 Å². The van der Waals surface area contributed by atoms with Crippen LogP contribution in [0, 0.1) is 0 Å². The van der Waals surface area contributed by atoms with Gasteiger partial charge < -0.3 is 24.5 Å². The van der Waals surface area contributed by atoms with Gasteiger partial charge in [0.25, 0.3) is 11.8 Å². The second-order valence-electron chi connectivity index (χ2n) is 7.39. The highest BCUT2D eigenvalue weighted by Crippen LogP contribution is 2.29. The van der Waals surface area contributed by atoms with E-state index in [0.29, 0.717) is 40.6 Å². The minimum Gasteiger partial charge on any atom is -0.494 e. The van der Waals surface area contributed by atoms with E-state index in [4.69, 9.17) is 26.1 Å². The van der Waals surface area contributed by atoms with Crippen LogP contribution in [0.2, 0.25) is 0 Å². The molecule has 4 aromatic rings. The Hall–Kier alpha value is -4.37. The number of carbonyl (C=O) groups excluding carboxylic acids is 2. The monoisotopic (exact) mass is 489 g/mol. The van der Waals surface area contributed by atoms with Crippen LogP contribution in [0.25, 0.3) is 11.0 Å². The molecule has 4 rings (SSSR count). The van der Waals surface area contributed by atoms with Gasteiger partial charge in [0.1, 0.15) is 17.1 Å². The molecule has 0 radical (unpaired) electrons. The smallest absolute Gasteiger partial charge is 0.291 e. The summed E-state index contributed by atoms with van der Waals surface area (Å²) in [5.74, 6) is 0.415. The van der Waals surface area contributed by atoms with Crippen molar-refractivity contribution in [3.8, 4) is 11.5 Å². The molecule has 1 aromatic heterocycles. The predicted molar refractivity (Wildman–Crippen MR) is 138 cm³/mol. The lowest BCUT2D eigenvalue weighted by Gasteiger charge is -2.14. The van der Waals surface area contributed by atoms with Crippen molar-refractivity contribution in [3.05, 3.63) is 84.1 Å². The third-order valence-corrected chi connectivity index (χ3v) is 5.20. The fourth-order valence-electron chi connectivity index (χ4n) is 3.38. The molecule has 3 aromatic carbocycles. The van der Waals surface area contributed by atoms with Gasteiger partial charge in [-0.1, -0.05) is 24.3 Å². The van der Waals surface area contributed by atoms with Crippen LogP contribution >= 0.6 is 12.2 Å². The lowest BCUT2D eigenvalue weighted by molar-refractivity contribution is 0.0974. The maximum Gasteiger partial charge on any atom is 0.291 e. The van der Waals surface area contributed by atoms with Gasteiger partial charge in [0.2, 0.25) is 0 Å². The Labute approximate surface area is 207 Å². The van der Waals surface area contributed by atoms with E-state index in [2.05, 4.69) is 16.0 Å². The van der Waals surface area contributed by atoms with Crippen molar-refractivity contribution >= 4 is 51.5 Å². The number of methoxy groups -OCH3 is 1. The number of anilines is 2. The lowest BCUT2D eigenvalue weighted by Crippen LogP contribution is -2.34. The van der Waals surface area contributed by atoms with Gasteiger partial charge in [-0.25, -0.2) is 0 Å². The van der Waals surface area contributed by atoms with Crippen molar-refractivity contribution in [2.75, 3.05) is 24.4 Å². The first kappa shape index (κ1) is 23.8. The molecule has 8 nitrogen and oxygen atoms in total. The summed E-state index contributed by atoms with van der Waals surface area (Å²) >= 11 is 5.28. The third kappa shape index (κ3) is 5.77. The number of amides is 2. The number of ether oxygens (including phenoxy) is 2. The van der Waals surface area contributed by atoms with E-state index in [9.17, 15) is 9.59 Å². The molecule has 35 heavy (non-hydrogen) atoms. The summed E-state index contributed by atoms with van der Waals surface area (Å²) in [4.78, 5) is 25.2. The highest BCUT2D eigenvalue weighted by atomic mass is 32.1. The Morgan fingerprint density at radius 1 is 0.943 bits per heavy atom. The number of para-hydroxylation sites is 1. The largest absolute Gasteiger partial charge is 0.494 e. The van der Waals surface area contributed by atoms with Crippen LogP contribution in [0.4, 0.5) is 11.4 Å². The van der Waals surface area contributed by atoms with E-state index in [1.54, 1.807) is 54.6 Å². The fraction of sp³-hybridized carbons (Fsp3) is 0.115. The van der Waals surface area contributed by atoms with Crippen molar-refractivity contribution in [3.63, 3.8) is 0 Å². The number of thiocarbonyl (C=S) groups is 1. The zero-order chi connectivity index (χ0) is 24.8. The predicted octanol–water partition coefficient (Wildman–Crippen LogP) is 5.22. The number of fused-ring (bicyclic) bond motifs is 1. The summed E-state index contributed by atoms with van der Waals surface area (Å²) in [6.07, 6.45) is 0. The molecule has 1 heterocycles. The first-order chi connectivity index (χ1) is 17.0. The van der Waals surface area contributed by atoms with E-state index in [1.807, 2.05) is 25.1 Å². The van der Waals surface area contributed by atoms with E-state index in [-0.39, 0.29) is 16.8 Å². The molecule has 0 aliphatic carbocycles. The Bertz CT molecular complexity index is 1370. The highest BCUT2D eigenvalue weighted by Gasteiger charge is 2.15. The topological polar surface area (TPSA) is 102 Å². The van der Waals surface area contributed by atoms with Gasteiger partial charge in [-0.05, 0) is 61.6 Å². The normalized spacial score (nSPS) is 10.5. The first-order valence-electron chi connectivity index (χ1n) is 10.8. The Kier molecular flexibility index (Phi) is 7.27. The average Bonchev–Trinajstić information content (AvgIpc) is 3.30. The molecule has 3 N–H and O–H groups in total. The Morgan fingerprint density at radius 3 is 2.54 bits per heavy atom. The lowest BCUT2D eigenvalue weighted by atomic mass is 10.2. The van der Waals surface area contributed by atoms with Crippen LogP contribution in [0.1, 0.15) is 27.8 Å². The van der Waals surface area contributed by atoms with Crippen molar-refractivity contribution in [2.45, 2.75) is 6.92 Å². The quantitative estimate of drug-likeness (QED) is 0.306. The van der Waals surface area contributed by atoms with Crippen molar-refractivity contribution in [2.24, 2.45) is 0 Å². The summed E-state index contributed by atoms with van der Waals surface area (Å²) < 4.78 is 16.5. The zero-order valence-electron chi connectivity index (χ0n) is 19.1. The van der Waals surface area contributed by atoms with Crippen molar-refractivity contribution < 1.29 is 23.5 Å². The van der Waals surface area contributed by atoms with Crippen molar-refractivity contribution in [1.29, 1.82) is 0 Å². The highest BCUT2D eigenvalue weighted by molar-refractivity contribution is 7.80. The number of furan rings is 1. The number of benzene rings is 3. The number of hydrogen-bond acceptors (Lipinski definition) is 6. The van der Waals surface area contributed by atoms with Gasteiger partial charge >= 0.3 is 0 Å². The number of hydrogen-bond donors (Lipinski definition) is 3. The molecular weight excluding hydrogens is 466 g/mol. The van der Waals surface area contributed by atoms with E-state index < -0.39 is 5.91 Å². The molecule has 178 valence electrons. The molecule has 0 saturated carbocycles. The first-order valence-corrected chi connectivity index (χ1v) is 11.2. The summed E-state index contributed by atoms with van der Waals surface area (Å²) in [5, 5.41) is 9.31. The molecular formula is C26H23N3O5S. The average molecular weight is 490 g/mol. The molecule has 0 bridgehead atoms. The molecule has 0 atom stereocenters. The molecule has 0 unspecified atom stereocenters. The van der Waals surface area contributed by atoms with Crippen LogP contribution in [0.3, 0.4) is 0 Å². The van der Waals surface area contributed by atoms with Crippen LogP contribution < -0.4 is 25.4 Å². The molecule has 0 spiro atoms. The van der Waals surface area contributed by atoms with Gasteiger partial charge in [0.15, 0.2) is 10.9 Å². The second kappa shape index (κ2) is 10.7. The molecule has 0 aliphatic heterocycles. The SMILES string of the molecule is CCOc1cccc(C(=O)NC(=S)Nc2ccc(NC(=O)c3cc4ccccc4o3)c(OC)c2)c1. The van der Waals surface area contributed by atoms with E-state index in [0.717, 1.165) is 5.39 Å².